The molecule has 4 rings (SSSR count). The Labute approximate surface area is 180 Å². The number of carbonyl (C=O) groups is 1. The number of fused-ring (bicyclic) bond motifs is 3. The zero-order chi connectivity index (χ0) is 20.4. The maximum absolute atomic E-state index is 12.7. The van der Waals surface area contributed by atoms with Crippen LogP contribution in [0.5, 0.6) is 0 Å². The maximum atomic E-state index is 12.7. The molecule has 2 aliphatic rings. The Balaban J connectivity index is 1.42. The summed E-state index contributed by atoms with van der Waals surface area (Å²) in [5.41, 5.74) is 1.80. The van der Waals surface area contributed by atoms with E-state index in [1.165, 1.54) is 26.5 Å². The first-order valence-electron chi connectivity index (χ1n) is 9.97. The molecule has 1 aromatic heterocycles. The van der Waals surface area contributed by atoms with Crippen LogP contribution in [0.1, 0.15) is 25.0 Å². The second-order valence-corrected chi connectivity index (χ2v) is 8.56. The highest BCUT2D eigenvalue weighted by Crippen LogP contribution is 2.29. The van der Waals surface area contributed by atoms with E-state index >= 15 is 0 Å². The second-order valence-electron chi connectivity index (χ2n) is 7.74. The van der Waals surface area contributed by atoms with Crippen LogP contribution < -0.4 is 5.32 Å². The first-order valence-corrected chi connectivity index (χ1v) is 10.7. The molecule has 3 heterocycles. The van der Waals surface area contributed by atoms with Crippen molar-refractivity contribution in [3.63, 3.8) is 0 Å². The highest BCUT2D eigenvalue weighted by atomic mass is 35.5. The number of aromatic amines is 1. The summed E-state index contributed by atoms with van der Waals surface area (Å²) >= 11 is 12.1. The molecule has 2 saturated heterocycles. The van der Waals surface area contributed by atoms with Gasteiger partial charge in [0, 0.05) is 35.7 Å². The van der Waals surface area contributed by atoms with Crippen molar-refractivity contribution in [3.8, 4) is 0 Å². The van der Waals surface area contributed by atoms with Gasteiger partial charge in [0.05, 0.1) is 17.2 Å². The summed E-state index contributed by atoms with van der Waals surface area (Å²) in [4.78, 5) is 18.4. The Bertz CT molecular complexity index is 927. The van der Waals surface area contributed by atoms with E-state index in [0.29, 0.717) is 21.7 Å². The third-order valence-corrected chi connectivity index (χ3v) is 6.56. The molecule has 1 amide bonds. The normalized spacial score (nSPS) is 24.8. The number of hydrogen-bond acceptors (Lipinski definition) is 3. The Morgan fingerprint density at radius 2 is 2.07 bits per heavy atom. The van der Waals surface area contributed by atoms with Crippen LogP contribution in [0.4, 0.5) is 0 Å². The topological polar surface area (TPSA) is 57.4 Å². The van der Waals surface area contributed by atoms with Crippen LogP contribution >= 0.6 is 23.2 Å². The molecule has 0 spiro atoms. The van der Waals surface area contributed by atoms with Gasteiger partial charge in [-0.15, -0.1) is 0 Å². The minimum absolute atomic E-state index is 0.156. The Morgan fingerprint density at radius 1 is 1.24 bits per heavy atom. The summed E-state index contributed by atoms with van der Waals surface area (Å²) in [6, 6.07) is 5.83. The quantitative estimate of drug-likeness (QED) is 0.410. The molecule has 2 fully saturated rings. The lowest BCUT2D eigenvalue weighted by atomic mass is 9.85. The lowest BCUT2D eigenvalue weighted by Crippen LogP contribution is -2.53. The Hall–Kier alpha value is -1.95. The van der Waals surface area contributed by atoms with E-state index in [1.54, 1.807) is 18.2 Å². The van der Waals surface area contributed by atoms with Crippen molar-refractivity contribution in [2.45, 2.75) is 25.3 Å². The molecule has 2 bridgehead atoms. The number of carbonyl (C=O) groups excluding carboxylic acids is 1. The summed E-state index contributed by atoms with van der Waals surface area (Å²) < 4.78 is 5.33. The predicted molar refractivity (Wildman–Crippen MR) is 118 cm³/mol. The molecule has 0 saturated carbocycles. The Morgan fingerprint density at radius 3 is 2.90 bits per heavy atom. The van der Waals surface area contributed by atoms with Gasteiger partial charge in [0.2, 0.25) is 0 Å². The molecule has 0 radical (unpaired) electrons. The Kier molecular flexibility index (Phi) is 6.18. The fraction of sp³-hybridized carbons (Fsp3) is 0.409. The van der Waals surface area contributed by atoms with E-state index < -0.39 is 0 Å². The van der Waals surface area contributed by atoms with Gasteiger partial charge in [-0.05, 0) is 62.1 Å². The van der Waals surface area contributed by atoms with Gasteiger partial charge in [-0.1, -0.05) is 29.3 Å². The fourth-order valence-electron chi connectivity index (χ4n) is 4.32. The van der Waals surface area contributed by atoms with Crippen molar-refractivity contribution in [1.29, 1.82) is 0 Å². The average molecular weight is 434 g/mol. The molecule has 154 valence electrons. The van der Waals surface area contributed by atoms with E-state index in [0.717, 1.165) is 36.1 Å². The summed E-state index contributed by atoms with van der Waals surface area (Å²) in [5.74, 6) is 0.693. The van der Waals surface area contributed by atoms with Gasteiger partial charge in [-0.2, -0.15) is 0 Å². The third-order valence-electron chi connectivity index (χ3n) is 5.83. The monoisotopic (exact) mass is 433 g/mol. The predicted octanol–water partition coefficient (Wildman–Crippen LogP) is 4.62. The number of hydrogen-bond donors (Lipinski definition) is 2. The van der Waals surface area contributed by atoms with Crippen molar-refractivity contribution in [2.24, 2.45) is 5.92 Å². The number of nitrogens with one attached hydrogen (secondary N) is 2. The molecule has 7 heteroatoms. The number of H-pyrrole nitrogens is 1. The average Bonchev–Trinajstić information content (AvgIpc) is 3.09. The van der Waals surface area contributed by atoms with Crippen LogP contribution in [0, 0.1) is 5.92 Å². The molecular weight excluding hydrogens is 409 g/mol. The molecule has 29 heavy (non-hydrogen) atoms. The SMILES string of the molecule is CO/C(=C\C=C\c1cc2cc(Cl)c(Cl)cc2[nH]1)C(=O)N[C@@H]1CCN2CCCC1C2. The number of amides is 1. The summed E-state index contributed by atoms with van der Waals surface area (Å²) in [6.07, 6.45) is 8.78. The number of methoxy groups -OCH3 is 1. The molecular formula is C22H25Cl2N3O2. The van der Waals surface area contributed by atoms with Gasteiger partial charge in [-0.3, -0.25) is 4.79 Å². The number of benzene rings is 1. The minimum Gasteiger partial charge on any atom is -0.491 e. The number of nitrogens with zero attached hydrogens (tertiary/aromatic N) is 1. The fourth-order valence-corrected chi connectivity index (χ4v) is 4.66. The summed E-state index contributed by atoms with van der Waals surface area (Å²) in [6.45, 7) is 3.34. The van der Waals surface area contributed by atoms with Crippen LogP contribution in [-0.4, -0.2) is 48.6 Å². The number of ether oxygens (including phenoxy) is 1. The number of aromatic nitrogens is 1. The van der Waals surface area contributed by atoms with Gasteiger partial charge >= 0.3 is 0 Å². The van der Waals surface area contributed by atoms with Gasteiger partial charge < -0.3 is 19.9 Å². The van der Waals surface area contributed by atoms with Crippen LogP contribution in [-0.2, 0) is 9.53 Å². The van der Waals surface area contributed by atoms with E-state index in [9.17, 15) is 4.79 Å². The third kappa shape index (κ3) is 4.63. The molecule has 2 unspecified atom stereocenters. The van der Waals surface area contributed by atoms with Crippen molar-refractivity contribution in [1.82, 2.24) is 15.2 Å². The highest BCUT2D eigenvalue weighted by Gasteiger charge is 2.33. The van der Waals surface area contributed by atoms with Gasteiger partial charge in [0.25, 0.3) is 5.91 Å². The van der Waals surface area contributed by atoms with E-state index in [1.807, 2.05) is 18.2 Å². The number of halogens is 2. The first kappa shape index (κ1) is 20.3. The van der Waals surface area contributed by atoms with Crippen LogP contribution in [0.25, 0.3) is 17.0 Å². The standard InChI is InChI=1S/C22H25Cl2N3O2/c1-29-21(22(28)26-19-7-9-27-8-3-4-14(19)13-27)6-2-5-16-10-15-11-17(23)18(24)12-20(15)25-16/h2,5-6,10-12,14,19,25H,3-4,7-9,13H2,1H3,(H,26,28)/b5-2+,21-6-/t14?,19-/m1/s1. The lowest BCUT2D eigenvalue weighted by Gasteiger charge is -2.42. The zero-order valence-electron chi connectivity index (χ0n) is 16.4. The molecule has 5 nitrogen and oxygen atoms in total. The lowest BCUT2D eigenvalue weighted by molar-refractivity contribution is -0.122. The number of allylic oxidation sites excluding steroid dienone is 2. The van der Waals surface area contributed by atoms with Crippen molar-refractivity contribution >= 4 is 46.1 Å². The maximum Gasteiger partial charge on any atom is 0.286 e. The minimum atomic E-state index is -0.156. The molecule has 2 N–H and O–H groups in total. The van der Waals surface area contributed by atoms with Gasteiger partial charge in [0.15, 0.2) is 5.76 Å². The van der Waals surface area contributed by atoms with E-state index in [2.05, 4.69) is 15.2 Å². The number of rotatable bonds is 5. The molecule has 0 aliphatic carbocycles. The van der Waals surface area contributed by atoms with Gasteiger partial charge in [-0.25, -0.2) is 0 Å². The molecule has 3 atom stereocenters. The summed E-state index contributed by atoms with van der Waals surface area (Å²) in [5, 5.41) is 5.19. The van der Waals surface area contributed by atoms with Gasteiger partial charge in [0.1, 0.15) is 0 Å². The van der Waals surface area contributed by atoms with E-state index in [4.69, 9.17) is 27.9 Å². The smallest absolute Gasteiger partial charge is 0.286 e. The van der Waals surface area contributed by atoms with Crippen molar-refractivity contribution in [2.75, 3.05) is 26.7 Å². The van der Waals surface area contributed by atoms with E-state index in [-0.39, 0.29) is 11.9 Å². The first-order chi connectivity index (χ1) is 14.0. The van der Waals surface area contributed by atoms with Crippen molar-refractivity contribution in [3.05, 3.63) is 51.8 Å². The van der Waals surface area contributed by atoms with Crippen LogP contribution in [0.15, 0.2) is 36.1 Å². The van der Waals surface area contributed by atoms with Crippen molar-refractivity contribution < 1.29 is 9.53 Å². The largest absolute Gasteiger partial charge is 0.491 e. The highest BCUT2D eigenvalue weighted by molar-refractivity contribution is 6.42. The molecule has 1 aromatic carbocycles. The van der Waals surface area contributed by atoms with Crippen LogP contribution in [0.2, 0.25) is 10.0 Å². The zero-order valence-corrected chi connectivity index (χ0v) is 17.9. The molecule has 2 aromatic rings. The second kappa shape index (κ2) is 8.82. The number of piperidine rings is 2. The molecule has 2 aliphatic heterocycles. The van der Waals surface area contributed by atoms with Crippen LogP contribution in [0.3, 0.4) is 0 Å². The summed E-state index contributed by atoms with van der Waals surface area (Å²) in [7, 11) is 1.52.